The zero-order valence-electron chi connectivity index (χ0n) is 24.5. The molecule has 0 aliphatic carbocycles. The van der Waals surface area contributed by atoms with Crippen LogP contribution in [0.15, 0.2) is 47.8 Å². The van der Waals surface area contributed by atoms with Gasteiger partial charge in [-0.15, -0.1) is 11.3 Å². The maximum atomic E-state index is 11.2. The van der Waals surface area contributed by atoms with Crippen molar-refractivity contribution in [3.8, 4) is 0 Å². The summed E-state index contributed by atoms with van der Waals surface area (Å²) < 4.78 is 10.2. The number of hydrogen-bond donors (Lipinski definition) is 1. The average Bonchev–Trinajstić information content (AvgIpc) is 3.34. The van der Waals surface area contributed by atoms with Gasteiger partial charge in [-0.1, -0.05) is 66.2 Å². The summed E-state index contributed by atoms with van der Waals surface area (Å²) in [5.74, 6) is 0.0231. The summed E-state index contributed by atoms with van der Waals surface area (Å²) >= 11 is 4.73. The van der Waals surface area contributed by atoms with E-state index >= 15 is 0 Å². The minimum absolute atomic E-state index is 0.0231. The highest BCUT2D eigenvalue weighted by Gasteiger charge is 2.06. The summed E-state index contributed by atoms with van der Waals surface area (Å²) in [5, 5.41) is 14.2. The molecule has 1 aromatic heterocycles. The number of methoxy groups -OCH3 is 1. The van der Waals surface area contributed by atoms with Gasteiger partial charge in [-0.3, -0.25) is 14.9 Å². The molecule has 0 unspecified atom stereocenters. The van der Waals surface area contributed by atoms with Crippen molar-refractivity contribution in [2.75, 3.05) is 7.11 Å². The minimum Gasteiger partial charge on any atom is -0.382 e. The lowest BCUT2D eigenvalue weighted by Gasteiger charge is -2.06. The number of amides is 1. The Morgan fingerprint density at radius 3 is 1.70 bits per heavy atom. The second-order valence-electron chi connectivity index (χ2n) is 9.13. The quantitative estimate of drug-likeness (QED) is 0.196. The molecular formula is C28H49BrN2O5S. The van der Waals surface area contributed by atoms with Gasteiger partial charge in [0.25, 0.3) is 5.91 Å². The molecule has 0 radical (unpaired) electrons. The molecular weight excluding hydrogens is 556 g/mol. The number of carbonyl (C=O) groups excluding carboxylic acids is 1. The number of hydrogen-bond acceptors (Lipinski definition) is 6. The van der Waals surface area contributed by atoms with Crippen LogP contribution in [0.25, 0.3) is 0 Å². The normalized spacial score (nSPS) is 9.86. The highest BCUT2D eigenvalue weighted by atomic mass is 79.9. The van der Waals surface area contributed by atoms with E-state index in [1.165, 1.54) is 16.9 Å². The smallest absolute Gasteiger partial charge is 0.261 e. The van der Waals surface area contributed by atoms with Crippen molar-refractivity contribution in [1.29, 1.82) is 0 Å². The van der Waals surface area contributed by atoms with Gasteiger partial charge < -0.3 is 14.8 Å². The highest BCUT2D eigenvalue weighted by molar-refractivity contribution is 9.09. The van der Waals surface area contributed by atoms with Crippen molar-refractivity contribution in [3.63, 3.8) is 0 Å². The van der Waals surface area contributed by atoms with E-state index in [2.05, 4.69) is 47.2 Å². The highest BCUT2D eigenvalue weighted by Crippen LogP contribution is 2.07. The van der Waals surface area contributed by atoms with Crippen molar-refractivity contribution in [2.45, 2.75) is 105 Å². The van der Waals surface area contributed by atoms with Crippen LogP contribution in [0.1, 0.15) is 84.5 Å². The standard InChI is InChI=1S/C10H14O.C8H11NOS.C4H10O.C3H7Br.C3H7NO2/c1-9(2)11-8-10-6-4-3-5-7-10;1-6(2)9-8(10)7-4-3-5-11-7;1-4(2)5-3;1-3(2)4;1-3(2)4(5)6/h3-7,9H,8H2,1-2H3;3-6H,1-2H3,(H,9,10);4H,1-3H3;3H,1-2H3;3H,1-2H3. The predicted molar refractivity (Wildman–Crippen MR) is 162 cm³/mol. The number of nitrogens with one attached hydrogen (secondary N) is 1. The monoisotopic (exact) mass is 604 g/mol. The van der Waals surface area contributed by atoms with E-state index in [1.54, 1.807) is 21.0 Å². The first-order valence-electron chi connectivity index (χ1n) is 12.4. The predicted octanol–water partition coefficient (Wildman–Crippen LogP) is 8.00. The van der Waals surface area contributed by atoms with E-state index in [0.717, 1.165) is 11.5 Å². The molecule has 0 fully saturated rings. The number of carbonyl (C=O) groups is 1. The molecule has 214 valence electrons. The van der Waals surface area contributed by atoms with Crippen LogP contribution in [0.4, 0.5) is 0 Å². The molecule has 0 aliphatic heterocycles. The number of ether oxygens (including phenoxy) is 2. The lowest BCUT2D eigenvalue weighted by atomic mass is 10.2. The van der Waals surface area contributed by atoms with Crippen LogP contribution >= 0.6 is 27.3 Å². The van der Waals surface area contributed by atoms with Gasteiger partial charge in [-0.2, -0.15) is 0 Å². The van der Waals surface area contributed by atoms with Gasteiger partial charge in [0.1, 0.15) is 0 Å². The molecule has 0 spiro atoms. The second kappa shape index (κ2) is 25.8. The van der Waals surface area contributed by atoms with Crippen LogP contribution in [0.2, 0.25) is 0 Å². The molecule has 37 heavy (non-hydrogen) atoms. The van der Waals surface area contributed by atoms with E-state index in [1.807, 2.05) is 77.3 Å². The molecule has 0 aliphatic rings. The van der Waals surface area contributed by atoms with Crippen LogP contribution in [0, 0.1) is 10.1 Å². The molecule has 1 N–H and O–H groups in total. The number of nitrogens with zero attached hydrogens (tertiary/aromatic N) is 1. The molecule has 0 bridgehead atoms. The fraction of sp³-hybridized carbons (Fsp3) is 0.607. The second-order valence-corrected chi connectivity index (χ2v) is 11.9. The molecule has 0 saturated heterocycles. The molecule has 7 nitrogen and oxygen atoms in total. The summed E-state index contributed by atoms with van der Waals surface area (Å²) in [6, 6.07) is 13.7. The number of benzene rings is 1. The number of rotatable bonds is 7. The molecule has 2 rings (SSSR count). The molecule has 2 aromatic rings. The first kappa shape index (κ1) is 39.7. The molecule has 0 saturated carbocycles. The van der Waals surface area contributed by atoms with Crippen molar-refractivity contribution in [2.24, 2.45) is 0 Å². The number of alkyl halides is 1. The Bertz CT molecular complexity index is 765. The largest absolute Gasteiger partial charge is 0.382 e. The van der Waals surface area contributed by atoms with E-state index in [9.17, 15) is 14.9 Å². The minimum atomic E-state index is -0.426. The Morgan fingerprint density at radius 1 is 0.946 bits per heavy atom. The number of thiophene rings is 1. The SMILES string of the molecule is CC(C)Br.CC(C)NC(=O)c1cccs1.CC(C)OCc1ccccc1.CC(C)[N+](=O)[O-].COC(C)C. The molecule has 1 aromatic carbocycles. The van der Waals surface area contributed by atoms with Crippen LogP contribution in [-0.4, -0.2) is 47.1 Å². The van der Waals surface area contributed by atoms with E-state index in [-0.39, 0.29) is 16.9 Å². The third-order valence-electron chi connectivity index (χ3n) is 3.48. The lowest BCUT2D eigenvalue weighted by Crippen LogP contribution is -2.29. The summed E-state index contributed by atoms with van der Waals surface area (Å²) in [5.41, 5.74) is 1.24. The molecule has 0 atom stereocenters. The van der Waals surface area contributed by atoms with Gasteiger partial charge in [0.15, 0.2) is 0 Å². The first-order valence-corrected chi connectivity index (χ1v) is 14.2. The van der Waals surface area contributed by atoms with Crippen molar-refractivity contribution >= 4 is 33.2 Å². The van der Waals surface area contributed by atoms with Crippen LogP contribution < -0.4 is 5.32 Å². The molecule has 9 heteroatoms. The molecule has 1 amide bonds. The number of halogens is 1. The van der Waals surface area contributed by atoms with Crippen LogP contribution in [-0.2, 0) is 16.1 Å². The Hall–Kier alpha value is -1.81. The Labute approximate surface area is 237 Å². The van der Waals surface area contributed by atoms with Gasteiger partial charge in [-0.25, -0.2) is 0 Å². The third kappa shape index (κ3) is 34.2. The molecule has 1 heterocycles. The Balaban J connectivity index is -0.000000416. The summed E-state index contributed by atoms with van der Waals surface area (Å²) in [7, 11) is 1.70. The summed E-state index contributed by atoms with van der Waals surface area (Å²) in [4.78, 5) is 21.8. The maximum Gasteiger partial charge on any atom is 0.261 e. The Morgan fingerprint density at radius 2 is 1.41 bits per heavy atom. The topological polar surface area (TPSA) is 90.7 Å². The van der Waals surface area contributed by atoms with Crippen LogP contribution in [0.3, 0.4) is 0 Å². The van der Waals surface area contributed by atoms with Gasteiger partial charge in [0.05, 0.1) is 23.7 Å². The van der Waals surface area contributed by atoms with E-state index in [4.69, 9.17) is 9.47 Å². The van der Waals surface area contributed by atoms with E-state index < -0.39 is 6.04 Å². The van der Waals surface area contributed by atoms with Crippen molar-refractivity contribution in [1.82, 2.24) is 5.32 Å². The fourth-order valence-corrected chi connectivity index (χ4v) is 2.21. The zero-order valence-corrected chi connectivity index (χ0v) is 26.9. The van der Waals surface area contributed by atoms with E-state index in [0.29, 0.717) is 17.0 Å². The first-order chi connectivity index (χ1) is 17.1. The van der Waals surface area contributed by atoms with Gasteiger partial charge >= 0.3 is 0 Å². The van der Waals surface area contributed by atoms with Crippen molar-refractivity contribution in [3.05, 3.63) is 68.4 Å². The number of nitro groups is 1. The van der Waals surface area contributed by atoms with Gasteiger partial charge in [0, 0.05) is 36.7 Å². The van der Waals surface area contributed by atoms with Crippen LogP contribution in [0.5, 0.6) is 0 Å². The fourth-order valence-electron chi connectivity index (χ4n) is 1.58. The average molecular weight is 606 g/mol. The lowest BCUT2D eigenvalue weighted by molar-refractivity contribution is -0.513. The van der Waals surface area contributed by atoms with Crippen molar-refractivity contribution < 1.29 is 19.2 Å². The zero-order chi connectivity index (χ0) is 29.4. The van der Waals surface area contributed by atoms with Gasteiger partial charge in [0.2, 0.25) is 6.04 Å². The summed E-state index contributed by atoms with van der Waals surface area (Å²) in [6.07, 6.45) is 0.699. The Kier molecular flexibility index (Phi) is 27.7. The summed E-state index contributed by atoms with van der Waals surface area (Å²) in [6.45, 7) is 20.0. The maximum absolute atomic E-state index is 11.2. The van der Waals surface area contributed by atoms with Gasteiger partial charge in [-0.05, 0) is 58.6 Å². The third-order valence-corrected chi connectivity index (χ3v) is 4.35.